The zero-order valence-corrected chi connectivity index (χ0v) is 16.3. The normalized spacial score (nSPS) is 22.4. The Morgan fingerprint density at radius 1 is 1.25 bits per heavy atom. The quantitative estimate of drug-likeness (QED) is 0.831. The number of hydrogen-bond donors (Lipinski definition) is 1. The summed E-state index contributed by atoms with van der Waals surface area (Å²) in [7, 11) is -1.77. The molecule has 1 aliphatic rings. The van der Waals surface area contributed by atoms with Crippen LogP contribution in [0.2, 0.25) is 18.1 Å². The maximum absolute atomic E-state index is 12.3. The molecule has 0 bridgehead atoms. The van der Waals surface area contributed by atoms with Gasteiger partial charge in [0.1, 0.15) is 5.56 Å². The van der Waals surface area contributed by atoms with Gasteiger partial charge in [0, 0.05) is 18.3 Å². The summed E-state index contributed by atoms with van der Waals surface area (Å²) in [6.45, 7) is 11.2. The van der Waals surface area contributed by atoms with Gasteiger partial charge < -0.3 is 14.1 Å². The van der Waals surface area contributed by atoms with Crippen molar-refractivity contribution in [2.24, 2.45) is 0 Å². The molecule has 0 aliphatic heterocycles. The molecule has 1 heterocycles. The first kappa shape index (κ1) is 18.9. The Morgan fingerprint density at radius 2 is 1.83 bits per heavy atom. The Kier molecular flexibility index (Phi) is 5.40. The molecule has 2 rings (SSSR count). The van der Waals surface area contributed by atoms with Crippen LogP contribution in [-0.2, 0) is 4.43 Å². The first-order chi connectivity index (χ1) is 11.0. The minimum Gasteiger partial charge on any atom is -0.477 e. The molecule has 24 heavy (non-hydrogen) atoms. The summed E-state index contributed by atoms with van der Waals surface area (Å²) in [6.07, 6.45) is 5.49. The van der Waals surface area contributed by atoms with Gasteiger partial charge in [-0.1, -0.05) is 20.8 Å². The molecule has 1 saturated carbocycles. The highest BCUT2D eigenvalue weighted by Gasteiger charge is 2.40. The fourth-order valence-corrected chi connectivity index (χ4v) is 4.42. The van der Waals surface area contributed by atoms with E-state index in [0.29, 0.717) is 0 Å². The molecule has 0 amide bonds. The van der Waals surface area contributed by atoms with Crippen molar-refractivity contribution in [1.29, 1.82) is 0 Å². The highest BCUT2D eigenvalue weighted by Crippen LogP contribution is 2.40. The van der Waals surface area contributed by atoms with E-state index in [1.54, 1.807) is 16.8 Å². The van der Waals surface area contributed by atoms with Crippen LogP contribution in [0.15, 0.2) is 23.1 Å². The molecule has 5 nitrogen and oxygen atoms in total. The van der Waals surface area contributed by atoms with Gasteiger partial charge in [0.15, 0.2) is 8.32 Å². The lowest BCUT2D eigenvalue weighted by molar-refractivity contribution is 0.0692. The summed E-state index contributed by atoms with van der Waals surface area (Å²) in [6, 6.07) is 3.08. The predicted molar refractivity (Wildman–Crippen MR) is 97.2 cm³/mol. The number of hydrogen-bond acceptors (Lipinski definition) is 3. The molecular weight excluding hydrogens is 322 g/mol. The van der Waals surface area contributed by atoms with Crippen molar-refractivity contribution in [3.05, 3.63) is 34.2 Å². The van der Waals surface area contributed by atoms with E-state index in [9.17, 15) is 9.59 Å². The van der Waals surface area contributed by atoms with Crippen LogP contribution >= 0.6 is 0 Å². The second-order valence-electron chi connectivity index (χ2n) is 8.25. The van der Waals surface area contributed by atoms with Crippen molar-refractivity contribution in [2.75, 3.05) is 0 Å². The molecule has 1 fully saturated rings. The van der Waals surface area contributed by atoms with Crippen molar-refractivity contribution in [3.8, 4) is 0 Å². The fraction of sp³-hybridized carbons (Fsp3) is 0.667. The number of carboxylic acids is 1. The third kappa shape index (κ3) is 3.98. The molecule has 134 valence electrons. The van der Waals surface area contributed by atoms with Gasteiger partial charge in [-0.3, -0.25) is 4.79 Å². The van der Waals surface area contributed by atoms with E-state index in [1.165, 1.54) is 6.07 Å². The first-order valence-electron chi connectivity index (χ1n) is 8.65. The summed E-state index contributed by atoms with van der Waals surface area (Å²) in [5, 5.41) is 9.30. The third-order valence-corrected chi connectivity index (χ3v) is 10.0. The molecule has 6 heteroatoms. The van der Waals surface area contributed by atoms with Crippen LogP contribution in [0.25, 0.3) is 0 Å². The number of pyridine rings is 1. The van der Waals surface area contributed by atoms with E-state index < -0.39 is 19.8 Å². The van der Waals surface area contributed by atoms with E-state index in [0.717, 1.165) is 25.7 Å². The fourth-order valence-electron chi connectivity index (χ4n) is 3.00. The Labute approximate surface area is 144 Å². The maximum Gasteiger partial charge on any atom is 0.341 e. The van der Waals surface area contributed by atoms with E-state index in [1.807, 2.05) is 0 Å². The van der Waals surface area contributed by atoms with Crippen LogP contribution in [0.5, 0.6) is 0 Å². The molecule has 1 aromatic rings. The molecule has 0 spiro atoms. The number of aromatic nitrogens is 1. The van der Waals surface area contributed by atoms with Crippen LogP contribution in [0.1, 0.15) is 62.9 Å². The summed E-state index contributed by atoms with van der Waals surface area (Å²) in [5.74, 6) is -1.16. The minimum atomic E-state index is -1.77. The summed E-state index contributed by atoms with van der Waals surface area (Å²) in [4.78, 5) is 23.4. The smallest absolute Gasteiger partial charge is 0.341 e. The van der Waals surface area contributed by atoms with Crippen molar-refractivity contribution in [1.82, 2.24) is 4.57 Å². The van der Waals surface area contributed by atoms with Gasteiger partial charge in [-0.2, -0.15) is 0 Å². The van der Waals surface area contributed by atoms with Gasteiger partial charge in [-0.25, -0.2) is 4.79 Å². The van der Waals surface area contributed by atoms with Crippen LogP contribution in [0.4, 0.5) is 0 Å². The largest absolute Gasteiger partial charge is 0.477 e. The minimum absolute atomic E-state index is 0.0658. The Morgan fingerprint density at radius 3 is 2.33 bits per heavy atom. The molecule has 0 unspecified atom stereocenters. The molecule has 0 radical (unpaired) electrons. The van der Waals surface area contributed by atoms with Gasteiger partial charge in [0.2, 0.25) is 0 Å². The number of rotatable bonds is 4. The Balaban J connectivity index is 2.05. The molecule has 1 aliphatic carbocycles. The average Bonchev–Trinajstić information content (AvgIpc) is 2.46. The zero-order chi connectivity index (χ0) is 18.1. The highest BCUT2D eigenvalue weighted by molar-refractivity contribution is 6.74. The standard InChI is InChI=1S/C18H29NO4Si/c1-18(2,3)24(4,5)23-14-10-8-13(9-11-14)19-12-6-7-15(16(19)20)17(21)22/h6-7,12-14H,8-11H2,1-5H3,(H,21,22). The van der Waals surface area contributed by atoms with E-state index in [4.69, 9.17) is 9.53 Å². The summed E-state index contributed by atoms with van der Waals surface area (Å²) >= 11 is 0. The van der Waals surface area contributed by atoms with Crippen molar-refractivity contribution >= 4 is 14.3 Å². The first-order valence-corrected chi connectivity index (χ1v) is 11.6. The van der Waals surface area contributed by atoms with Gasteiger partial charge in [0.05, 0.1) is 0 Å². The van der Waals surface area contributed by atoms with Crippen LogP contribution in [-0.4, -0.2) is 30.1 Å². The monoisotopic (exact) mass is 351 g/mol. The van der Waals surface area contributed by atoms with Crippen molar-refractivity contribution < 1.29 is 14.3 Å². The van der Waals surface area contributed by atoms with Crippen molar-refractivity contribution in [2.45, 2.75) is 76.7 Å². The molecule has 0 saturated heterocycles. The van der Waals surface area contributed by atoms with Crippen LogP contribution in [0, 0.1) is 0 Å². The second-order valence-corrected chi connectivity index (χ2v) is 13.0. The lowest BCUT2D eigenvalue weighted by atomic mass is 9.93. The second kappa shape index (κ2) is 6.84. The van der Waals surface area contributed by atoms with Gasteiger partial charge in [-0.15, -0.1) is 0 Å². The number of aromatic carboxylic acids is 1. The highest BCUT2D eigenvalue weighted by atomic mass is 28.4. The Hall–Kier alpha value is -1.40. The number of carboxylic acid groups (broad SMARTS) is 1. The predicted octanol–water partition coefficient (Wildman–Crippen LogP) is 4.05. The lowest BCUT2D eigenvalue weighted by Crippen LogP contribution is -2.45. The van der Waals surface area contributed by atoms with Crippen LogP contribution < -0.4 is 5.56 Å². The Bertz CT molecular complexity index is 652. The molecular formula is C18H29NO4Si. The molecule has 0 atom stereocenters. The third-order valence-electron chi connectivity index (χ3n) is 5.51. The molecule has 1 aromatic heterocycles. The molecule has 0 aromatic carbocycles. The zero-order valence-electron chi connectivity index (χ0n) is 15.3. The maximum atomic E-state index is 12.3. The number of carbonyl (C=O) groups is 1. The molecule has 1 N–H and O–H groups in total. The van der Waals surface area contributed by atoms with E-state index in [-0.39, 0.29) is 22.7 Å². The lowest BCUT2D eigenvalue weighted by Gasteiger charge is -2.41. The van der Waals surface area contributed by atoms with Crippen molar-refractivity contribution in [3.63, 3.8) is 0 Å². The van der Waals surface area contributed by atoms with E-state index >= 15 is 0 Å². The van der Waals surface area contributed by atoms with Crippen LogP contribution in [0.3, 0.4) is 0 Å². The van der Waals surface area contributed by atoms with Gasteiger partial charge in [-0.05, 0) is 55.9 Å². The van der Waals surface area contributed by atoms with Gasteiger partial charge >= 0.3 is 5.97 Å². The summed E-state index contributed by atoms with van der Waals surface area (Å²) < 4.78 is 8.07. The summed E-state index contributed by atoms with van der Waals surface area (Å²) in [5.41, 5.74) is -0.559. The van der Waals surface area contributed by atoms with E-state index in [2.05, 4.69) is 33.9 Å². The SMILES string of the molecule is CC(C)(C)[Si](C)(C)OC1CCC(n2cccc(C(=O)O)c2=O)CC1. The number of nitrogens with zero attached hydrogens (tertiary/aromatic N) is 1. The topological polar surface area (TPSA) is 68.5 Å². The average molecular weight is 352 g/mol. The van der Waals surface area contributed by atoms with Gasteiger partial charge in [0.25, 0.3) is 5.56 Å².